The van der Waals surface area contributed by atoms with Crippen molar-refractivity contribution in [1.29, 1.82) is 0 Å². The van der Waals surface area contributed by atoms with E-state index in [1.807, 2.05) is 62.4 Å². The fourth-order valence-corrected chi connectivity index (χ4v) is 6.16. The van der Waals surface area contributed by atoms with Crippen LogP contribution in [-0.4, -0.2) is 78.1 Å². The lowest BCUT2D eigenvalue weighted by Gasteiger charge is -2.30. The summed E-state index contributed by atoms with van der Waals surface area (Å²) in [6, 6.07) is 20.4. The molecule has 1 amide bonds. The maximum atomic E-state index is 13.5. The number of nitrogens with zero attached hydrogens (tertiary/aromatic N) is 2. The van der Waals surface area contributed by atoms with E-state index in [0.717, 1.165) is 18.7 Å². The van der Waals surface area contributed by atoms with Gasteiger partial charge in [0.25, 0.3) is 5.91 Å². The van der Waals surface area contributed by atoms with E-state index in [1.54, 1.807) is 18.2 Å². The van der Waals surface area contributed by atoms with Crippen molar-refractivity contribution in [2.24, 2.45) is 0 Å². The molecule has 0 aliphatic carbocycles. The molecule has 3 aromatic carbocycles. The predicted molar refractivity (Wildman–Crippen MR) is 170 cm³/mol. The molecule has 228 valence electrons. The maximum Gasteiger partial charge on any atom is 0.258 e. The van der Waals surface area contributed by atoms with E-state index < -0.39 is 10.0 Å². The van der Waals surface area contributed by atoms with Gasteiger partial charge in [0.2, 0.25) is 10.0 Å². The summed E-state index contributed by atoms with van der Waals surface area (Å²) in [5.74, 6) is 0.880. The van der Waals surface area contributed by atoms with Crippen molar-refractivity contribution in [3.63, 3.8) is 0 Å². The molecule has 0 radical (unpaired) electrons. The number of nitrogens with one attached hydrogen (secondary N) is 2. The summed E-state index contributed by atoms with van der Waals surface area (Å²) in [6.07, 6.45) is 1.22. The number of morpholine rings is 1. The smallest absolute Gasteiger partial charge is 0.258 e. The first-order valence-electron chi connectivity index (χ1n) is 14.5. The first-order chi connectivity index (χ1) is 20.8. The number of benzene rings is 3. The van der Waals surface area contributed by atoms with Gasteiger partial charge in [0.05, 0.1) is 55.3 Å². The Labute approximate surface area is 253 Å². The second-order valence-electron chi connectivity index (χ2n) is 10.2. The van der Waals surface area contributed by atoms with Gasteiger partial charge in [0.1, 0.15) is 0 Å². The molecule has 0 bridgehead atoms. The molecule has 0 spiro atoms. The van der Waals surface area contributed by atoms with Crippen LogP contribution in [0.5, 0.6) is 11.5 Å². The van der Waals surface area contributed by atoms with Gasteiger partial charge in [-0.05, 0) is 49.7 Å². The average Bonchev–Trinajstić information content (AvgIpc) is 3.31. The quantitative estimate of drug-likeness (QED) is 0.290. The van der Waals surface area contributed by atoms with Gasteiger partial charge in [-0.2, -0.15) is 0 Å². The second kappa shape index (κ2) is 13.5. The third-order valence-corrected chi connectivity index (χ3v) is 8.48. The number of carbonyl (C=O) groups excluding carboxylic acids is 1. The number of rotatable bonds is 12. The zero-order valence-corrected chi connectivity index (χ0v) is 25.6. The Kier molecular flexibility index (Phi) is 9.54. The summed E-state index contributed by atoms with van der Waals surface area (Å²) >= 11 is 0. The number of sulfonamides is 1. The largest absolute Gasteiger partial charge is 0.490 e. The molecule has 2 heterocycles. The van der Waals surface area contributed by atoms with Gasteiger partial charge < -0.3 is 24.8 Å². The van der Waals surface area contributed by atoms with Gasteiger partial charge in [0.15, 0.2) is 11.5 Å². The van der Waals surface area contributed by atoms with Gasteiger partial charge in [-0.15, -0.1) is 0 Å². The molecule has 0 unspecified atom stereocenters. The van der Waals surface area contributed by atoms with Crippen molar-refractivity contribution >= 4 is 44.3 Å². The van der Waals surface area contributed by atoms with E-state index in [4.69, 9.17) is 14.2 Å². The molecule has 2 aliphatic rings. The van der Waals surface area contributed by atoms with Crippen molar-refractivity contribution in [3.05, 3.63) is 77.9 Å². The lowest BCUT2D eigenvalue weighted by molar-refractivity contribution is -0.110. The average molecular weight is 607 g/mol. The highest BCUT2D eigenvalue weighted by Crippen LogP contribution is 2.43. The summed E-state index contributed by atoms with van der Waals surface area (Å²) in [5, 5.41) is 6.42. The van der Waals surface area contributed by atoms with Crippen LogP contribution < -0.4 is 24.4 Å². The fourth-order valence-electron chi connectivity index (χ4n) is 5.24. The zero-order valence-electron chi connectivity index (χ0n) is 24.8. The molecule has 2 N–H and O–H groups in total. The topological polar surface area (TPSA) is 109 Å². The van der Waals surface area contributed by atoms with Crippen LogP contribution in [0, 0.1) is 0 Å². The molecular formula is C32H38N4O6S. The van der Waals surface area contributed by atoms with Gasteiger partial charge in [-0.1, -0.05) is 30.3 Å². The summed E-state index contributed by atoms with van der Waals surface area (Å²) < 4.78 is 43.9. The van der Waals surface area contributed by atoms with Crippen molar-refractivity contribution in [1.82, 2.24) is 4.90 Å². The highest BCUT2D eigenvalue weighted by atomic mass is 32.2. The number of amides is 1. The summed E-state index contributed by atoms with van der Waals surface area (Å²) in [7, 11) is -3.50. The third-order valence-electron chi connectivity index (χ3n) is 7.29. The number of ether oxygens (including phenoxy) is 3. The van der Waals surface area contributed by atoms with Crippen molar-refractivity contribution < 1.29 is 27.4 Å². The third kappa shape index (κ3) is 7.12. The Hall–Kier alpha value is -4.06. The van der Waals surface area contributed by atoms with Crippen molar-refractivity contribution in [2.75, 3.05) is 73.8 Å². The molecule has 0 aromatic heterocycles. The van der Waals surface area contributed by atoms with Crippen LogP contribution in [0.1, 0.15) is 25.0 Å². The van der Waals surface area contributed by atoms with Crippen LogP contribution in [-0.2, 0) is 19.6 Å². The Morgan fingerprint density at radius 2 is 1.63 bits per heavy atom. The van der Waals surface area contributed by atoms with E-state index in [0.29, 0.717) is 84.9 Å². The van der Waals surface area contributed by atoms with Crippen LogP contribution in [0.3, 0.4) is 0 Å². The van der Waals surface area contributed by atoms with Crippen LogP contribution in [0.4, 0.5) is 17.1 Å². The lowest BCUT2D eigenvalue weighted by atomic mass is 9.99. The molecule has 5 rings (SSSR count). The SMILES string of the molecule is CCOc1cc2c(cc1OCC)/C(=C(/Nc1ccc(N(CCN3CCOCC3)S(C)(=O)=O)cc1)c1ccccc1)C(=O)N2. The maximum absolute atomic E-state index is 13.5. The van der Waals surface area contributed by atoms with E-state index >= 15 is 0 Å². The number of fused-ring (bicyclic) bond motifs is 1. The minimum absolute atomic E-state index is 0.250. The fraction of sp³-hybridized carbons (Fsp3) is 0.344. The van der Waals surface area contributed by atoms with E-state index in [1.165, 1.54) is 10.6 Å². The molecule has 10 nitrogen and oxygen atoms in total. The number of anilines is 3. The van der Waals surface area contributed by atoms with E-state index in [-0.39, 0.29) is 5.91 Å². The molecule has 2 aliphatic heterocycles. The van der Waals surface area contributed by atoms with Gasteiger partial charge in [-0.25, -0.2) is 8.42 Å². The van der Waals surface area contributed by atoms with Crippen LogP contribution in [0.25, 0.3) is 11.3 Å². The van der Waals surface area contributed by atoms with E-state index in [9.17, 15) is 13.2 Å². The number of carbonyl (C=O) groups is 1. The first kappa shape index (κ1) is 30.4. The molecule has 43 heavy (non-hydrogen) atoms. The number of hydrogen-bond donors (Lipinski definition) is 2. The van der Waals surface area contributed by atoms with Crippen LogP contribution in [0.15, 0.2) is 66.7 Å². The van der Waals surface area contributed by atoms with Crippen molar-refractivity contribution in [3.8, 4) is 11.5 Å². The molecule has 1 saturated heterocycles. The van der Waals surface area contributed by atoms with E-state index in [2.05, 4.69) is 15.5 Å². The normalized spacial score (nSPS) is 16.3. The Morgan fingerprint density at radius 3 is 2.26 bits per heavy atom. The Bertz CT molecular complexity index is 1570. The summed E-state index contributed by atoms with van der Waals surface area (Å²) in [6.45, 7) is 8.55. The molecule has 0 atom stereocenters. The van der Waals surface area contributed by atoms with Gasteiger partial charge in [-0.3, -0.25) is 14.0 Å². The monoisotopic (exact) mass is 606 g/mol. The minimum Gasteiger partial charge on any atom is -0.490 e. The summed E-state index contributed by atoms with van der Waals surface area (Å²) in [4.78, 5) is 15.7. The Balaban J connectivity index is 1.48. The standard InChI is InChI=1S/C32H38N4O6S/c1-4-41-28-21-26-27(22-29(28)42-5-2)34-32(37)30(26)31(23-9-7-6-8-10-23)33-24-11-13-25(14-12-24)36(43(3,38)39)16-15-35-17-19-40-20-18-35/h6-14,21-22,33H,4-5,15-20H2,1-3H3,(H,34,37)/b31-30-. The van der Waals surface area contributed by atoms with Gasteiger partial charge >= 0.3 is 0 Å². The highest BCUT2D eigenvalue weighted by Gasteiger charge is 2.31. The first-order valence-corrected chi connectivity index (χ1v) is 16.3. The zero-order chi connectivity index (χ0) is 30.4. The van der Waals surface area contributed by atoms with Crippen LogP contribution in [0.2, 0.25) is 0 Å². The highest BCUT2D eigenvalue weighted by molar-refractivity contribution is 7.92. The predicted octanol–water partition coefficient (Wildman–Crippen LogP) is 4.51. The van der Waals surface area contributed by atoms with Gasteiger partial charge in [0, 0.05) is 43.5 Å². The molecule has 3 aromatic rings. The molecular weight excluding hydrogens is 568 g/mol. The molecule has 1 fully saturated rings. The Morgan fingerprint density at radius 1 is 0.977 bits per heavy atom. The molecule has 0 saturated carbocycles. The number of hydrogen-bond acceptors (Lipinski definition) is 8. The van der Waals surface area contributed by atoms with Crippen molar-refractivity contribution in [2.45, 2.75) is 13.8 Å². The van der Waals surface area contributed by atoms with Crippen LogP contribution >= 0.6 is 0 Å². The summed E-state index contributed by atoms with van der Waals surface area (Å²) in [5.41, 5.74) is 4.52. The minimum atomic E-state index is -3.50. The second-order valence-corrected chi connectivity index (χ2v) is 12.1. The lowest BCUT2D eigenvalue weighted by Crippen LogP contribution is -2.43. The molecule has 11 heteroatoms.